The lowest BCUT2D eigenvalue weighted by Crippen LogP contribution is -2.42. The number of nitrogens with zero attached hydrogens (tertiary/aromatic N) is 2. The van der Waals surface area contributed by atoms with Crippen molar-refractivity contribution in [1.29, 1.82) is 0 Å². The molecule has 3 rings (SSSR count). The lowest BCUT2D eigenvalue weighted by Gasteiger charge is -2.30. The molecule has 3 N–H and O–H groups in total. The molecule has 0 aliphatic carbocycles. The van der Waals surface area contributed by atoms with E-state index in [1.165, 1.54) is 5.56 Å². The van der Waals surface area contributed by atoms with Crippen LogP contribution in [0.25, 0.3) is 0 Å². The minimum Gasteiger partial charge on any atom is -0.479 e. The number of carbonyl (C=O) groups is 2. The van der Waals surface area contributed by atoms with Crippen LogP contribution >= 0.6 is 0 Å². The van der Waals surface area contributed by atoms with Gasteiger partial charge in [0, 0.05) is 25.0 Å². The molecule has 8 nitrogen and oxygen atoms in total. The van der Waals surface area contributed by atoms with Crippen LogP contribution in [-0.2, 0) is 11.2 Å². The highest BCUT2D eigenvalue weighted by atomic mass is 16.5. The normalized spacial score (nSPS) is 15.9. The van der Waals surface area contributed by atoms with E-state index >= 15 is 0 Å². The number of hydrogen-bond acceptors (Lipinski definition) is 4. The Balaban J connectivity index is 1.52. The van der Waals surface area contributed by atoms with Crippen molar-refractivity contribution in [3.05, 3.63) is 35.2 Å². The van der Waals surface area contributed by atoms with Gasteiger partial charge in [0.1, 0.15) is 5.75 Å². The van der Waals surface area contributed by atoms with Gasteiger partial charge in [-0.2, -0.15) is 5.10 Å². The molecule has 27 heavy (non-hydrogen) atoms. The lowest BCUT2D eigenvalue weighted by molar-refractivity contribution is -0.125. The van der Waals surface area contributed by atoms with Gasteiger partial charge in [-0.1, -0.05) is 0 Å². The summed E-state index contributed by atoms with van der Waals surface area (Å²) in [4.78, 5) is 25.7. The third-order valence-corrected chi connectivity index (χ3v) is 4.73. The van der Waals surface area contributed by atoms with Gasteiger partial charge in [0.05, 0.1) is 11.4 Å². The highest BCUT2D eigenvalue weighted by Crippen LogP contribution is 2.35. The van der Waals surface area contributed by atoms with Gasteiger partial charge in [-0.3, -0.25) is 9.89 Å². The van der Waals surface area contributed by atoms with Crippen LogP contribution in [-0.4, -0.2) is 41.8 Å². The number of H-pyrrole nitrogens is 1. The van der Waals surface area contributed by atoms with E-state index in [0.29, 0.717) is 23.7 Å². The van der Waals surface area contributed by atoms with E-state index in [4.69, 9.17) is 4.74 Å². The van der Waals surface area contributed by atoms with E-state index in [-0.39, 0.29) is 11.9 Å². The second-order valence-electron chi connectivity index (χ2n) is 6.74. The van der Waals surface area contributed by atoms with Crippen LogP contribution in [0.5, 0.6) is 5.75 Å². The fourth-order valence-corrected chi connectivity index (χ4v) is 3.17. The predicted octanol–water partition coefficient (Wildman–Crippen LogP) is 2.52. The number of rotatable bonds is 5. The molecule has 0 unspecified atom stereocenters. The number of nitrogens with one attached hydrogen (secondary N) is 3. The van der Waals surface area contributed by atoms with Gasteiger partial charge in [-0.05, 0) is 57.4 Å². The molecule has 8 heteroatoms. The third kappa shape index (κ3) is 4.05. The number of aromatic nitrogens is 2. The summed E-state index contributed by atoms with van der Waals surface area (Å²) in [7, 11) is 1.70. The van der Waals surface area contributed by atoms with Gasteiger partial charge in [0.2, 0.25) is 0 Å². The fourth-order valence-electron chi connectivity index (χ4n) is 3.17. The number of aryl methyl sites for hydroxylation is 2. The average Bonchev–Trinajstić information content (AvgIpc) is 2.95. The van der Waals surface area contributed by atoms with Gasteiger partial charge in [0.25, 0.3) is 5.91 Å². The Hall–Kier alpha value is -3.03. The summed E-state index contributed by atoms with van der Waals surface area (Å²) in [5, 5.41) is 12.8. The molecule has 3 amide bonds. The van der Waals surface area contributed by atoms with Crippen LogP contribution in [0.15, 0.2) is 18.2 Å². The van der Waals surface area contributed by atoms with Crippen LogP contribution in [0.1, 0.15) is 30.3 Å². The van der Waals surface area contributed by atoms with E-state index < -0.39 is 6.10 Å². The first-order valence-electron chi connectivity index (χ1n) is 9.00. The van der Waals surface area contributed by atoms with Crippen LogP contribution in [0.4, 0.5) is 16.2 Å². The van der Waals surface area contributed by atoms with Crippen molar-refractivity contribution >= 4 is 23.3 Å². The van der Waals surface area contributed by atoms with Gasteiger partial charge in [-0.25, -0.2) is 4.79 Å². The van der Waals surface area contributed by atoms with Gasteiger partial charge in [-0.15, -0.1) is 0 Å². The number of hydrogen-bond donors (Lipinski definition) is 3. The molecule has 2 heterocycles. The summed E-state index contributed by atoms with van der Waals surface area (Å²) in [5.41, 5.74) is 4.52. The number of carbonyl (C=O) groups excluding carboxylic acids is 2. The molecule has 1 aliphatic heterocycles. The third-order valence-electron chi connectivity index (χ3n) is 4.73. The summed E-state index contributed by atoms with van der Waals surface area (Å²) < 4.78 is 5.58. The van der Waals surface area contributed by atoms with Crippen LogP contribution in [0, 0.1) is 13.8 Å². The maximum absolute atomic E-state index is 12.1. The van der Waals surface area contributed by atoms with Crippen molar-refractivity contribution in [1.82, 2.24) is 15.5 Å². The Morgan fingerprint density at radius 2 is 2.15 bits per heavy atom. The Bertz CT molecular complexity index is 842. The highest BCUT2D eigenvalue weighted by molar-refractivity contribution is 6.00. The van der Waals surface area contributed by atoms with Crippen molar-refractivity contribution in [3.8, 4) is 5.75 Å². The molecular formula is C19H25N5O3. The molecule has 1 atom stereocenters. The number of likely N-dealkylation sites (N-methyl/N-ethyl adjacent to an activating group) is 1. The van der Waals surface area contributed by atoms with Crippen molar-refractivity contribution in [2.75, 3.05) is 23.8 Å². The van der Waals surface area contributed by atoms with E-state index in [2.05, 4.69) is 20.8 Å². The van der Waals surface area contributed by atoms with Gasteiger partial charge < -0.3 is 20.3 Å². The maximum atomic E-state index is 12.1. The Labute approximate surface area is 158 Å². The molecule has 0 radical (unpaired) electrons. The number of benzene rings is 1. The van der Waals surface area contributed by atoms with Crippen molar-refractivity contribution in [2.45, 2.75) is 39.7 Å². The lowest BCUT2D eigenvalue weighted by atomic mass is 10.1. The number of aromatic amines is 1. The second kappa shape index (κ2) is 7.69. The fraction of sp³-hybridized carbons (Fsp3) is 0.421. The number of urea groups is 1. The Kier molecular flexibility index (Phi) is 5.34. The summed E-state index contributed by atoms with van der Waals surface area (Å²) in [5.74, 6) is 0.510. The maximum Gasteiger partial charge on any atom is 0.319 e. The largest absolute Gasteiger partial charge is 0.479 e. The summed E-state index contributed by atoms with van der Waals surface area (Å²) in [6.07, 6.45) is 1.17. The second-order valence-corrected chi connectivity index (χ2v) is 6.74. The van der Waals surface area contributed by atoms with Crippen LogP contribution in [0.2, 0.25) is 0 Å². The minimum absolute atomic E-state index is 0.117. The van der Waals surface area contributed by atoms with Crippen LogP contribution in [0.3, 0.4) is 0 Å². The topological polar surface area (TPSA) is 99.4 Å². The highest BCUT2D eigenvalue weighted by Gasteiger charge is 2.29. The first-order valence-corrected chi connectivity index (χ1v) is 9.00. The quantitative estimate of drug-likeness (QED) is 0.703. The molecule has 1 aliphatic rings. The monoisotopic (exact) mass is 371 g/mol. The summed E-state index contributed by atoms with van der Waals surface area (Å²) >= 11 is 0. The number of amides is 3. The Morgan fingerprint density at radius 3 is 2.85 bits per heavy atom. The zero-order valence-corrected chi connectivity index (χ0v) is 16.0. The SMILES string of the molecule is Cc1n[nH]c(C)c1CCCNC(=O)Nc1ccc2c(c1)N(C)C(=O)[C@@H](C)O2. The number of anilines is 2. The molecule has 0 saturated carbocycles. The standard InChI is InChI=1S/C19H25N5O3/c1-11-15(12(2)23-22-11)6-5-9-20-19(26)21-14-7-8-17-16(10-14)24(4)18(25)13(3)27-17/h7-8,10,13H,5-6,9H2,1-4H3,(H,22,23)(H2,20,21,26)/t13-/m1/s1. The van der Waals surface area contributed by atoms with Crippen LogP contribution < -0.4 is 20.3 Å². The minimum atomic E-state index is -0.507. The first kappa shape index (κ1) is 18.8. The molecule has 1 aromatic carbocycles. The van der Waals surface area contributed by atoms with Crippen molar-refractivity contribution in [2.24, 2.45) is 0 Å². The molecule has 144 valence electrons. The van der Waals surface area contributed by atoms with E-state index in [0.717, 1.165) is 24.2 Å². The number of ether oxygens (including phenoxy) is 1. The average molecular weight is 371 g/mol. The molecule has 0 bridgehead atoms. The van der Waals surface area contributed by atoms with Gasteiger partial charge in [0.15, 0.2) is 6.10 Å². The van der Waals surface area contributed by atoms with E-state index in [1.807, 2.05) is 13.8 Å². The predicted molar refractivity (Wildman–Crippen MR) is 103 cm³/mol. The summed E-state index contributed by atoms with van der Waals surface area (Å²) in [6.45, 7) is 6.24. The van der Waals surface area contributed by atoms with Crippen molar-refractivity contribution < 1.29 is 14.3 Å². The smallest absolute Gasteiger partial charge is 0.319 e. The summed E-state index contributed by atoms with van der Waals surface area (Å²) in [6, 6.07) is 4.97. The number of fused-ring (bicyclic) bond motifs is 1. The molecular weight excluding hydrogens is 346 g/mol. The Morgan fingerprint density at radius 1 is 1.37 bits per heavy atom. The van der Waals surface area contributed by atoms with Gasteiger partial charge >= 0.3 is 6.03 Å². The van der Waals surface area contributed by atoms with E-state index in [1.54, 1.807) is 37.1 Å². The molecule has 0 spiro atoms. The molecule has 1 aromatic heterocycles. The molecule has 0 fully saturated rings. The van der Waals surface area contributed by atoms with Crippen molar-refractivity contribution in [3.63, 3.8) is 0 Å². The van der Waals surface area contributed by atoms with E-state index in [9.17, 15) is 9.59 Å². The molecule has 0 saturated heterocycles. The molecule has 2 aromatic rings. The zero-order chi connectivity index (χ0) is 19.6. The first-order chi connectivity index (χ1) is 12.9. The zero-order valence-electron chi connectivity index (χ0n) is 16.0.